The van der Waals surface area contributed by atoms with Gasteiger partial charge in [-0.2, -0.15) is 5.10 Å². The average molecular weight is 354 g/mol. The summed E-state index contributed by atoms with van der Waals surface area (Å²) in [5.41, 5.74) is 1.42. The largest absolute Gasteiger partial charge is 0.339 e. The highest BCUT2D eigenvalue weighted by atomic mass is 32.1. The number of pyridine rings is 1. The molecule has 128 valence electrons. The maximum Gasteiger partial charge on any atom is 0.257 e. The molecule has 3 aromatic rings. The Bertz CT molecular complexity index is 895. The minimum atomic E-state index is -0.0217. The van der Waals surface area contributed by atoms with E-state index in [2.05, 4.69) is 5.10 Å². The molecule has 0 unspecified atom stereocenters. The molecule has 1 saturated heterocycles. The first-order valence-electron chi connectivity index (χ1n) is 8.24. The van der Waals surface area contributed by atoms with Crippen LogP contribution in [0.2, 0.25) is 0 Å². The van der Waals surface area contributed by atoms with Gasteiger partial charge in [0.2, 0.25) is 5.91 Å². The van der Waals surface area contributed by atoms with Gasteiger partial charge in [0.25, 0.3) is 5.91 Å². The van der Waals surface area contributed by atoms with Gasteiger partial charge >= 0.3 is 0 Å². The van der Waals surface area contributed by atoms with Crippen LogP contribution in [-0.4, -0.2) is 57.4 Å². The topological polar surface area (TPSA) is 57.9 Å². The Morgan fingerprint density at radius 1 is 1.04 bits per heavy atom. The van der Waals surface area contributed by atoms with Crippen molar-refractivity contribution in [1.82, 2.24) is 19.4 Å². The predicted octanol–water partition coefficient (Wildman–Crippen LogP) is 1.92. The van der Waals surface area contributed by atoms with Crippen LogP contribution in [0.4, 0.5) is 0 Å². The summed E-state index contributed by atoms with van der Waals surface area (Å²) in [5, 5.41) is 6.21. The highest BCUT2D eigenvalue weighted by Crippen LogP contribution is 2.16. The number of thiophene rings is 1. The Hall–Kier alpha value is -2.67. The van der Waals surface area contributed by atoms with Crippen LogP contribution in [0.25, 0.3) is 5.52 Å². The van der Waals surface area contributed by atoms with E-state index in [9.17, 15) is 9.59 Å². The lowest BCUT2D eigenvalue weighted by molar-refractivity contribution is -0.131. The van der Waals surface area contributed by atoms with Crippen LogP contribution in [0.3, 0.4) is 0 Å². The van der Waals surface area contributed by atoms with E-state index in [-0.39, 0.29) is 11.8 Å². The fourth-order valence-electron chi connectivity index (χ4n) is 3.10. The number of rotatable bonds is 3. The monoisotopic (exact) mass is 354 g/mol. The molecule has 0 N–H and O–H groups in total. The van der Waals surface area contributed by atoms with E-state index in [1.807, 2.05) is 46.8 Å². The van der Waals surface area contributed by atoms with Crippen LogP contribution in [0, 0.1) is 0 Å². The second kappa shape index (κ2) is 6.68. The standard InChI is InChI=1S/C18H18N4O2S/c23-17(12-14-4-3-11-25-14)20-7-9-21(10-8-20)18(24)15-13-19-22-6-2-1-5-16(15)22/h1-6,11,13H,7-10,12H2. The molecule has 0 aromatic carbocycles. The van der Waals surface area contributed by atoms with E-state index >= 15 is 0 Å². The predicted molar refractivity (Wildman–Crippen MR) is 95.7 cm³/mol. The van der Waals surface area contributed by atoms with Gasteiger partial charge in [-0.3, -0.25) is 9.59 Å². The van der Waals surface area contributed by atoms with Crippen molar-refractivity contribution in [3.63, 3.8) is 0 Å². The summed E-state index contributed by atoms with van der Waals surface area (Å²) in [6, 6.07) is 9.61. The number of hydrogen-bond donors (Lipinski definition) is 0. The van der Waals surface area contributed by atoms with E-state index < -0.39 is 0 Å². The van der Waals surface area contributed by atoms with Crippen LogP contribution in [0.1, 0.15) is 15.2 Å². The number of hydrogen-bond acceptors (Lipinski definition) is 4. The van der Waals surface area contributed by atoms with Crippen LogP contribution in [0.15, 0.2) is 48.1 Å². The minimum absolute atomic E-state index is 0.0217. The van der Waals surface area contributed by atoms with E-state index in [1.165, 1.54) is 0 Å². The first-order chi connectivity index (χ1) is 12.2. The Morgan fingerprint density at radius 3 is 2.60 bits per heavy atom. The van der Waals surface area contributed by atoms with Gasteiger partial charge in [-0.25, -0.2) is 4.52 Å². The number of carbonyl (C=O) groups excluding carboxylic acids is 2. The van der Waals surface area contributed by atoms with Crippen molar-refractivity contribution < 1.29 is 9.59 Å². The third-order valence-corrected chi connectivity index (χ3v) is 5.36. The maximum absolute atomic E-state index is 12.8. The quantitative estimate of drug-likeness (QED) is 0.722. The molecule has 1 aliphatic rings. The van der Waals surface area contributed by atoms with Gasteiger partial charge in [-0.05, 0) is 23.6 Å². The molecule has 4 rings (SSSR count). The zero-order valence-electron chi connectivity index (χ0n) is 13.7. The fraction of sp³-hybridized carbons (Fsp3) is 0.278. The molecule has 0 atom stereocenters. The molecule has 1 fully saturated rings. The average Bonchev–Trinajstić information content (AvgIpc) is 3.31. The van der Waals surface area contributed by atoms with Gasteiger partial charge < -0.3 is 9.80 Å². The summed E-state index contributed by atoms with van der Waals surface area (Å²) in [6.07, 6.45) is 3.89. The van der Waals surface area contributed by atoms with Crippen molar-refractivity contribution in [3.8, 4) is 0 Å². The zero-order chi connectivity index (χ0) is 17.2. The van der Waals surface area contributed by atoms with Crippen molar-refractivity contribution in [2.45, 2.75) is 6.42 Å². The third-order valence-electron chi connectivity index (χ3n) is 4.48. The minimum Gasteiger partial charge on any atom is -0.339 e. The van der Waals surface area contributed by atoms with Crippen molar-refractivity contribution in [1.29, 1.82) is 0 Å². The smallest absolute Gasteiger partial charge is 0.257 e. The van der Waals surface area contributed by atoms with Crippen LogP contribution in [0.5, 0.6) is 0 Å². The lowest BCUT2D eigenvalue weighted by Gasteiger charge is -2.34. The first-order valence-corrected chi connectivity index (χ1v) is 9.12. The van der Waals surface area contributed by atoms with Crippen LogP contribution in [-0.2, 0) is 11.2 Å². The van der Waals surface area contributed by atoms with E-state index in [0.29, 0.717) is 38.2 Å². The molecule has 0 bridgehead atoms. The molecule has 6 nitrogen and oxygen atoms in total. The summed E-state index contributed by atoms with van der Waals surface area (Å²) >= 11 is 1.60. The van der Waals surface area contributed by atoms with Crippen molar-refractivity contribution >= 4 is 28.7 Å². The molecule has 0 aliphatic carbocycles. The molecule has 25 heavy (non-hydrogen) atoms. The number of nitrogens with zero attached hydrogens (tertiary/aromatic N) is 4. The van der Waals surface area contributed by atoms with Gasteiger partial charge in [-0.15, -0.1) is 11.3 Å². The van der Waals surface area contributed by atoms with E-state index in [0.717, 1.165) is 10.4 Å². The molecule has 7 heteroatoms. The van der Waals surface area contributed by atoms with Crippen molar-refractivity contribution in [2.24, 2.45) is 0 Å². The SMILES string of the molecule is O=C(Cc1cccs1)N1CCN(C(=O)c2cnn3ccccc23)CC1. The van der Waals surface area contributed by atoms with Gasteiger partial charge in [-0.1, -0.05) is 12.1 Å². The fourth-order valence-corrected chi connectivity index (χ4v) is 3.80. The van der Waals surface area contributed by atoms with Crippen LogP contribution < -0.4 is 0 Å². The Morgan fingerprint density at radius 2 is 1.84 bits per heavy atom. The molecule has 0 radical (unpaired) electrons. The van der Waals surface area contributed by atoms with Crippen LogP contribution >= 0.6 is 11.3 Å². The molecule has 0 spiro atoms. The highest BCUT2D eigenvalue weighted by molar-refractivity contribution is 7.10. The zero-order valence-corrected chi connectivity index (χ0v) is 14.5. The Kier molecular flexibility index (Phi) is 4.23. The molecular formula is C18H18N4O2S. The number of fused-ring (bicyclic) bond motifs is 1. The van der Waals surface area contributed by atoms with Crippen molar-refractivity contribution in [2.75, 3.05) is 26.2 Å². The maximum atomic E-state index is 12.8. The molecular weight excluding hydrogens is 336 g/mol. The first kappa shape index (κ1) is 15.8. The molecule has 0 saturated carbocycles. The number of amides is 2. The summed E-state index contributed by atoms with van der Waals surface area (Å²) in [6.45, 7) is 2.27. The van der Waals surface area contributed by atoms with E-state index in [4.69, 9.17) is 0 Å². The second-order valence-corrected chi connectivity index (χ2v) is 7.05. The Balaban J connectivity index is 1.40. The number of piperazine rings is 1. The number of aromatic nitrogens is 2. The van der Waals surface area contributed by atoms with E-state index in [1.54, 1.807) is 26.9 Å². The highest BCUT2D eigenvalue weighted by Gasteiger charge is 2.26. The normalized spacial score (nSPS) is 14.9. The lowest BCUT2D eigenvalue weighted by Crippen LogP contribution is -2.50. The van der Waals surface area contributed by atoms with Gasteiger partial charge in [0.1, 0.15) is 0 Å². The summed E-state index contributed by atoms with van der Waals surface area (Å²) in [7, 11) is 0. The van der Waals surface area contributed by atoms with Gasteiger partial charge in [0.05, 0.1) is 23.7 Å². The summed E-state index contributed by atoms with van der Waals surface area (Å²) in [5.74, 6) is 0.108. The lowest BCUT2D eigenvalue weighted by atomic mass is 10.2. The van der Waals surface area contributed by atoms with Gasteiger partial charge in [0, 0.05) is 37.3 Å². The van der Waals surface area contributed by atoms with Crippen molar-refractivity contribution in [3.05, 3.63) is 58.5 Å². The molecule has 3 aromatic heterocycles. The van der Waals surface area contributed by atoms with Gasteiger partial charge in [0.15, 0.2) is 0 Å². The summed E-state index contributed by atoms with van der Waals surface area (Å²) < 4.78 is 1.70. The summed E-state index contributed by atoms with van der Waals surface area (Å²) in [4.78, 5) is 29.9. The second-order valence-electron chi connectivity index (χ2n) is 6.02. The Labute approximate surface area is 149 Å². The number of carbonyl (C=O) groups is 2. The molecule has 1 aliphatic heterocycles. The third kappa shape index (κ3) is 3.15. The molecule has 4 heterocycles. The molecule has 2 amide bonds.